The molecule has 1 fully saturated rings. The Morgan fingerprint density at radius 2 is 1.88 bits per heavy atom. The van der Waals surface area contributed by atoms with Gasteiger partial charge in [-0.05, 0) is 25.7 Å². The second kappa shape index (κ2) is 4.90. The van der Waals surface area contributed by atoms with Crippen molar-refractivity contribution in [3.63, 3.8) is 0 Å². The Balaban J connectivity index is 2.23. The van der Waals surface area contributed by atoms with Gasteiger partial charge >= 0.3 is 0 Å². The van der Waals surface area contributed by atoms with E-state index in [9.17, 15) is 0 Å². The number of aromatic nitrogens is 2. The Bertz CT molecular complexity index is 397. The summed E-state index contributed by atoms with van der Waals surface area (Å²) in [4.78, 5) is 9.15. The smallest absolute Gasteiger partial charge is 0.135 e. The highest BCUT2D eigenvalue weighted by atomic mass is 15.1. The van der Waals surface area contributed by atoms with Crippen LogP contribution >= 0.6 is 0 Å². The number of hydrogen-bond acceptors (Lipinski definition) is 4. The summed E-state index contributed by atoms with van der Waals surface area (Å²) in [6.07, 6.45) is 2.71. The molecule has 0 atom stereocenters. The third-order valence-electron chi connectivity index (χ3n) is 3.17. The largest absolute Gasteiger partial charge is 0.373 e. The van der Waals surface area contributed by atoms with E-state index in [1.165, 1.54) is 12.8 Å². The van der Waals surface area contributed by atoms with E-state index in [1.807, 2.05) is 7.05 Å². The van der Waals surface area contributed by atoms with Crippen molar-refractivity contribution in [1.82, 2.24) is 9.97 Å². The Labute approximate surface area is 103 Å². The summed E-state index contributed by atoms with van der Waals surface area (Å²) in [5.74, 6) is 4.02. The van der Waals surface area contributed by atoms with E-state index >= 15 is 0 Å². The van der Waals surface area contributed by atoms with Crippen molar-refractivity contribution in [1.29, 1.82) is 0 Å². The van der Waals surface area contributed by atoms with Crippen molar-refractivity contribution < 1.29 is 0 Å². The lowest BCUT2D eigenvalue weighted by Crippen LogP contribution is -2.12. The number of nitrogens with zero attached hydrogens (tertiary/aromatic N) is 2. The van der Waals surface area contributed by atoms with Crippen LogP contribution in [0, 0.1) is 12.8 Å². The molecule has 0 radical (unpaired) electrons. The minimum Gasteiger partial charge on any atom is -0.373 e. The van der Waals surface area contributed by atoms with Crippen LogP contribution in [0.2, 0.25) is 0 Å². The maximum absolute atomic E-state index is 4.62. The first-order valence-electron chi connectivity index (χ1n) is 6.42. The van der Waals surface area contributed by atoms with Gasteiger partial charge in [-0.1, -0.05) is 13.8 Å². The molecular weight excluding hydrogens is 212 g/mol. The first-order valence-corrected chi connectivity index (χ1v) is 6.42. The molecule has 0 bridgehead atoms. The molecule has 2 N–H and O–H groups in total. The Morgan fingerprint density at radius 1 is 1.24 bits per heavy atom. The Hall–Kier alpha value is -1.32. The van der Waals surface area contributed by atoms with E-state index < -0.39 is 0 Å². The molecule has 0 unspecified atom stereocenters. The fraction of sp³-hybridized carbons (Fsp3) is 0.692. The van der Waals surface area contributed by atoms with E-state index in [0.29, 0.717) is 5.92 Å². The summed E-state index contributed by atoms with van der Waals surface area (Å²) in [6, 6.07) is 0. The quantitative estimate of drug-likeness (QED) is 0.822. The van der Waals surface area contributed by atoms with E-state index in [0.717, 1.165) is 35.5 Å². The average Bonchev–Trinajstić information content (AvgIpc) is 3.11. The highest BCUT2D eigenvalue weighted by Crippen LogP contribution is 2.30. The normalized spacial score (nSPS) is 15.1. The maximum Gasteiger partial charge on any atom is 0.135 e. The average molecular weight is 234 g/mol. The molecule has 17 heavy (non-hydrogen) atoms. The molecule has 1 aromatic rings. The van der Waals surface area contributed by atoms with E-state index in [1.54, 1.807) is 0 Å². The summed E-state index contributed by atoms with van der Waals surface area (Å²) < 4.78 is 0. The lowest BCUT2D eigenvalue weighted by atomic mass is 10.2. The van der Waals surface area contributed by atoms with Crippen LogP contribution in [0.1, 0.15) is 44.0 Å². The number of nitrogens with one attached hydrogen (secondary N) is 2. The van der Waals surface area contributed by atoms with Crippen molar-refractivity contribution >= 4 is 11.6 Å². The van der Waals surface area contributed by atoms with E-state index in [4.69, 9.17) is 0 Å². The van der Waals surface area contributed by atoms with Crippen LogP contribution in [0.25, 0.3) is 0 Å². The molecule has 1 aliphatic carbocycles. The van der Waals surface area contributed by atoms with Crippen LogP contribution in [0.5, 0.6) is 0 Å². The molecule has 1 heterocycles. The molecule has 1 saturated carbocycles. The zero-order chi connectivity index (χ0) is 12.4. The minimum absolute atomic E-state index is 0.351. The van der Waals surface area contributed by atoms with Gasteiger partial charge in [0.15, 0.2) is 0 Å². The molecule has 4 heteroatoms. The summed E-state index contributed by atoms with van der Waals surface area (Å²) in [5.41, 5.74) is 1.11. The first kappa shape index (κ1) is 12.1. The van der Waals surface area contributed by atoms with Crippen LogP contribution in [-0.2, 0) is 0 Å². The summed E-state index contributed by atoms with van der Waals surface area (Å²) in [7, 11) is 1.91. The lowest BCUT2D eigenvalue weighted by molar-refractivity contribution is 0.770. The molecule has 0 aromatic carbocycles. The summed E-state index contributed by atoms with van der Waals surface area (Å²) in [6.45, 7) is 7.34. The SMILES string of the molecule is CNc1nc(C(C)C)nc(NCC2CC2)c1C. The van der Waals surface area contributed by atoms with E-state index in [-0.39, 0.29) is 0 Å². The monoisotopic (exact) mass is 234 g/mol. The topological polar surface area (TPSA) is 49.8 Å². The standard InChI is InChI=1S/C13H22N4/c1-8(2)11-16-12(14-4)9(3)13(17-11)15-7-10-5-6-10/h8,10H,5-7H2,1-4H3,(H2,14,15,16,17). The van der Waals surface area contributed by atoms with Crippen LogP contribution in [0.15, 0.2) is 0 Å². The number of anilines is 2. The predicted octanol–water partition coefficient (Wildman–Crippen LogP) is 2.77. The third-order valence-corrected chi connectivity index (χ3v) is 3.17. The van der Waals surface area contributed by atoms with Crippen molar-refractivity contribution in [2.75, 3.05) is 24.2 Å². The predicted molar refractivity (Wildman–Crippen MR) is 71.6 cm³/mol. The highest BCUT2D eigenvalue weighted by molar-refractivity contribution is 5.57. The first-order chi connectivity index (χ1) is 8.11. The Morgan fingerprint density at radius 3 is 2.41 bits per heavy atom. The van der Waals surface area contributed by atoms with Gasteiger partial charge in [-0.15, -0.1) is 0 Å². The zero-order valence-corrected chi connectivity index (χ0v) is 11.2. The molecule has 1 aromatic heterocycles. The summed E-state index contributed by atoms with van der Waals surface area (Å²) >= 11 is 0. The van der Waals surface area contributed by atoms with Gasteiger partial charge in [0.25, 0.3) is 0 Å². The van der Waals surface area contributed by atoms with Crippen molar-refractivity contribution in [2.24, 2.45) is 5.92 Å². The molecule has 0 saturated heterocycles. The lowest BCUT2D eigenvalue weighted by Gasteiger charge is -2.14. The number of rotatable bonds is 5. The second-order valence-corrected chi connectivity index (χ2v) is 5.13. The number of hydrogen-bond donors (Lipinski definition) is 2. The molecule has 0 amide bonds. The van der Waals surface area contributed by atoms with E-state index in [2.05, 4.69) is 41.4 Å². The van der Waals surface area contributed by atoms with Crippen LogP contribution in [-0.4, -0.2) is 23.6 Å². The molecule has 94 valence electrons. The van der Waals surface area contributed by atoms with Gasteiger partial charge in [-0.2, -0.15) is 0 Å². The fourth-order valence-corrected chi connectivity index (χ4v) is 1.77. The van der Waals surface area contributed by atoms with Crippen molar-refractivity contribution in [2.45, 2.75) is 39.5 Å². The second-order valence-electron chi connectivity index (χ2n) is 5.13. The fourth-order valence-electron chi connectivity index (χ4n) is 1.77. The van der Waals surface area contributed by atoms with Gasteiger partial charge in [0, 0.05) is 25.1 Å². The van der Waals surface area contributed by atoms with Gasteiger partial charge in [0.1, 0.15) is 17.5 Å². The third kappa shape index (κ3) is 2.87. The maximum atomic E-state index is 4.62. The highest BCUT2D eigenvalue weighted by Gasteiger charge is 2.21. The Kier molecular flexibility index (Phi) is 3.50. The van der Waals surface area contributed by atoms with Gasteiger partial charge in [-0.25, -0.2) is 9.97 Å². The van der Waals surface area contributed by atoms with Gasteiger partial charge in [-0.3, -0.25) is 0 Å². The van der Waals surface area contributed by atoms with Gasteiger partial charge < -0.3 is 10.6 Å². The summed E-state index contributed by atoms with van der Waals surface area (Å²) in [5, 5.41) is 6.60. The molecule has 0 aliphatic heterocycles. The molecule has 0 spiro atoms. The zero-order valence-electron chi connectivity index (χ0n) is 11.2. The van der Waals surface area contributed by atoms with Crippen LogP contribution in [0.3, 0.4) is 0 Å². The van der Waals surface area contributed by atoms with Crippen molar-refractivity contribution in [3.8, 4) is 0 Å². The molecule has 4 nitrogen and oxygen atoms in total. The molecule has 2 rings (SSSR count). The van der Waals surface area contributed by atoms with Gasteiger partial charge in [0.05, 0.1) is 0 Å². The van der Waals surface area contributed by atoms with Crippen LogP contribution < -0.4 is 10.6 Å². The van der Waals surface area contributed by atoms with Crippen LogP contribution in [0.4, 0.5) is 11.6 Å². The molecular formula is C13H22N4. The minimum atomic E-state index is 0.351. The molecule has 1 aliphatic rings. The van der Waals surface area contributed by atoms with Gasteiger partial charge in [0.2, 0.25) is 0 Å². The van der Waals surface area contributed by atoms with Crippen molar-refractivity contribution in [3.05, 3.63) is 11.4 Å².